The Morgan fingerprint density at radius 1 is 1.05 bits per heavy atom. The van der Waals surface area contributed by atoms with Crippen molar-refractivity contribution in [1.82, 2.24) is 0 Å². The minimum atomic E-state index is -0.235. The van der Waals surface area contributed by atoms with E-state index in [0.29, 0.717) is 0 Å². The molecule has 19 heavy (non-hydrogen) atoms. The van der Waals surface area contributed by atoms with E-state index in [1.807, 2.05) is 36.4 Å². The smallest absolute Gasteiger partial charge is 0.124 e. The van der Waals surface area contributed by atoms with Gasteiger partial charge in [0.05, 0.1) is 19.4 Å². The number of rotatable bonds is 3. The van der Waals surface area contributed by atoms with Gasteiger partial charge in [-0.3, -0.25) is 0 Å². The van der Waals surface area contributed by atoms with Gasteiger partial charge in [-0.2, -0.15) is 0 Å². The molecule has 1 heterocycles. The van der Waals surface area contributed by atoms with Crippen molar-refractivity contribution in [3.05, 3.63) is 66.1 Å². The first-order valence-corrected chi connectivity index (χ1v) is 6.14. The molecule has 0 aliphatic carbocycles. The molecule has 0 saturated heterocycles. The van der Waals surface area contributed by atoms with E-state index >= 15 is 0 Å². The zero-order valence-corrected chi connectivity index (χ0v) is 10.7. The number of hydrogen-bond donors (Lipinski definition) is 1. The maximum Gasteiger partial charge on any atom is 0.124 e. The second-order valence-corrected chi connectivity index (χ2v) is 4.47. The Hall–Kier alpha value is -2.26. The predicted octanol–water partition coefficient (Wildman–Crippen LogP) is 3.49. The predicted molar refractivity (Wildman–Crippen MR) is 75.2 cm³/mol. The third-order valence-electron chi connectivity index (χ3n) is 3.28. The Kier molecular flexibility index (Phi) is 2.97. The monoisotopic (exact) mass is 253 g/mol. The highest BCUT2D eigenvalue weighted by Crippen LogP contribution is 2.26. The molecular formula is C16H15NO2. The topological polar surface area (TPSA) is 48.4 Å². The zero-order chi connectivity index (χ0) is 13.2. The van der Waals surface area contributed by atoms with E-state index in [0.717, 1.165) is 27.8 Å². The van der Waals surface area contributed by atoms with Crippen molar-refractivity contribution in [2.24, 2.45) is 5.73 Å². The van der Waals surface area contributed by atoms with E-state index in [2.05, 4.69) is 12.1 Å². The standard InChI is InChI=1S/C16H15NO2/c1-18-14-7-6-11-9-13(5-4-12(11)10-14)16(17)15-3-2-8-19-15/h2-10,16H,17H2,1H3. The average molecular weight is 253 g/mol. The molecule has 0 saturated carbocycles. The first-order chi connectivity index (χ1) is 9.28. The number of methoxy groups -OCH3 is 1. The van der Waals surface area contributed by atoms with Gasteiger partial charge in [-0.15, -0.1) is 0 Å². The van der Waals surface area contributed by atoms with Gasteiger partial charge in [-0.25, -0.2) is 0 Å². The molecule has 0 aliphatic rings. The number of furan rings is 1. The quantitative estimate of drug-likeness (QED) is 0.777. The Morgan fingerprint density at radius 2 is 1.84 bits per heavy atom. The summed E-state index contributed by atoms with van der Waals surface area (Å²) in [4.78, 5) is 0. The van der Waals surface area contributed by atoms with E-state index < -0.39 is 0 Å². The second-order valence-electron chi connectivity index (χ2n) is 4.47. The average Bonchev–Trinajstić information content (AvgIpc) is 2.99. The molecule has 0 fully saturated rings. The van der Waals surface area contributed by atoms with Gasteiger partial charge in [0, 0.05) is 0 Å². The molecular weight excluding hydrogens is 238 g/mol. The number of ether oxygens (including phenoxy) is 1. The fourth-order valence-electron chi connectivity index (χ4n) is 2.20. The molecule has 96 valence electrons. The van der Waals surface area contributed by atoms with Gasteiger partial charge in [0.2, 0.25) is 0 Å². The number of benzene rings is 2. The maximum atomic E-state index is 6.19. The fourth-order valence-corrected chi connectivity index (χ4v) is 2.20. The zero-order valence-electron chi connectivity index (χ0n) is 10.7. The molecule has 0 aliphatic heterocycles. The van der Waals surface area contributed by atoms with Crippen molar-refractivity contribution in [1.29, 1.82) is 0 Å². The van der Waals surface area contributed by atoms with Crippen LogP contribution in [0.4, 0.5) is 0 Å². The van der Waals surface area contributed by atoms with Crippen molar-refractivity contribution in [2.75, 3.05) is 7.11 Å². The van der Waals surface area contributed by atoms with Gasteiger partial charge < -0.3 is 14.9 Å². The molecule has 3 heteroatoms. The van der Waals surface area contributed by atoms with Crippen LogP contribution in [0.2, 0.25) is 0 Å². The summed E-state index contributed by atoms with van der Waals surface area (Å²) in [6, 6.07) is 15.7. The van der Waals surface area contributed by atoms with E-state index in [1.165, 1.54) is 0 Å². The third kappa shape index (κ3) is 2.20. The second kappa shape index (κ2) is 4.78. The van der Waals surface area contributed by atoms with Gasteiger partial charge in [-0.1, -0.05) is 18.2 Å². The van der Waals surface area contributed by atoms with E-state index in [9.17, 15) is 0 Å². The molecule has 0 radical (unpaired) electrons. The van der Waals surface area contributed by atoms with Gasteiger partial charge >= 0.3 is 0 Å². The van der Waals surface area contributed by atoms with Crippen LogP contribution in [0.5, 0.6) is 5.75 Å². The Balaban J connectivity index is 2.02. The molecule has 2 N–H and O–H groups in total. The molecule has 0 amide bonds. The van der Waals surface area contributed by atoms with Crippen LogP contribution in [0.15, 0.2) is 59.2 Å². The first kappa shape index (κ1) is 11.8. The number of fused-ring (bicyclic) bond motifs is 1. The maximum absolute atomic E-state index is 6.19. The lowest BCUT2D eigenvalue weighted by Gasteiger charge is -2.10. The largest absolute Gasteiger partial charge is 0.497 e. The van der Waals surface area contributed by atoms with Crippen LogP contribution >= 0.6 is 0 Å². The van der Waals surface area contributed by atoms with Crippen molar-refractivity contribution >= 4 is 10.8 Å². The highest BCUT2D eigenvalue weighted by atomic mass is 16.5. The summed E-state index contributed by atoms with van der Waals surface area (Å²) < 4.78 is 10.6. The molecule has 0 bridgehead atoms. The van der Waals surface area contributed by atoms with Crippen LogP contribution in [0.25, 0.3) is 10.8 Å². The summed E-state index contributed by atoms with van der Waals surface area (Å²) in [6.45, 7) is 0. The summed E-state index contributed by atoms with van der Waals surface area (Å²) in [6.07, 6.45) is 1.64. The van der Waals surface area contributed by atoms with Gasteiger partial charge in [0.1, 0.15) is 11.5 Å². The summed E-state index contributed by atoms with van der Waals surface area (Å²) in [5, 5.41) is 2.27. The lowest BCUT2D eigenvalue weighted by atomic mass is 10.0. The van der Waals surface area contributed by atoms with Crippen LogP contribution < -0.4 is 10.5 Å². The minimum Gasteiger partial charge on any atom is -0.497 e. The normalized spacial score (nSPS) is 12.5. The van der Waals surface area contributed by atoms with Crippen molar-refractivity contribution < 1.29 is 9.15 Å². The van der Waals surface area contributed by atoms with E-state index in [4.69, 9.17) is 14.9 Å². The lowest BCUT2D eigenvalue weighted by Crippen LogP contribution is -2.10. The van der Waals surface area contributed by atoms with Gasteiger partial charge in [0.15, 0.2) is 0 Å². The van der Waals surface area contributed by atoms with Crippen molar-refractivity contribution in [3.63, 3.8) is 0 Å². The van der Waals surface area contributed by atoms with E-state index in [1.54, 1.807) is 13.4 Å². The van der Waals surface area contributed by atoms with Crippen molar-refractivity contribution in [2.45, 2.75) is 6.04 Å². The van der Waals surface area contributed by atoms with Crippen LogP contribution in [-0.4, -0.2) is 7.11 Å². The molecule has 3 nitrogen and oxygen atoms in total. The van der Waals surface area contributed by atoms with Crippen LogP contribution in [0.3, 0.4) is 0 Å². The van der Waals surface area contributed by atoms with Crippen LogP contribution in [-0.2, 0) is 0 Å². The van der Waals surface area contributed by atoms with Crippen LogP contribution in [0.1, 0.15) is 17.4 Å². The number of hydrogen-bond acceptors (Lipinski definition) is 3. The van der Waals surface area contributed by atoms with Gasteiger partial charge in [-0.05, 0) is 46.7 Å². The van der Waals surface area contributed by atoms with Crippen molar-refractivity contribution in [3.8, 4) is 5.75 Å². The SMILES string of the molecule is COc1ccc2cc(C(N)c3ccco3)ccc2c1. The minimum absolute atomic E-state index is 0.235. The summed E-state index contributed by atoms with van der Waals surface area (Å²) in [7, 11) is 1.67. The Labute approximate surface area is 111 Å². The fraction of sp³-hybridized carbons (Fsp3) is 0.125. The Bertz CT molecular complexity index is 689. The molecule has 2 aromatic carbocycles. The molecule has 3 aromatic rings. The molecule has 1 aromatic heterocycles. The highest BCUT2D eigenvalue weighted by Gasteiger charge is 2.11. The summed E-state index contributed by atoms with van der Waals surface area (Å²) >= 11 is 0. The molecule has 1 atom stereocenters. The van der Waals surface area contributed by atoms with E-state index in [-0.39, 0.29) is 6.04 Å². The molecule has 0 spiro atoms. The summed E-state index contributed by atoms with van der Waals surface area (Å²) in [5.41, 5.74) is 7.22. The summed E-state index contributed by atoms with van der Waals surface area (Å²) in [5.74, 6) is 1.63. The van der Waals surface area contributed by atoms with Gasteiger partial charge in [0.25, 0.3) is 0 Å². The highest BCUT2D eigenvalue weighted by molar-refractivity contribution is 5.84. The third-order valence-corrected chi connectivity index (χ3v) is 3.28. The Morgan fingerprint density at radius 3 is 2.58 bits per heavy atom. The van der Waals surface area contributed by atoms with Crippen LogP contribution in [0, 0.1) is 0 Å². The molecule has 1 unspecified atom stereocenters. The first-order valence-electron chi connectivity index (χ1n) is 6.14. The number of nitrogens with two attached hydrogens (primary N) is 1. The lowest BCUT2D eigenvalue weighted by molar-refractivity contribution is 0.415. The molecule has 3 rings (SSSR count).